The highest BCUT2D eigenvalue weighted by molar-refractivity contribution is 9.11. The lowest BCUT2D eigenvalue weighted by molar-refractivity contribution is 0.0637. The normalized spacial score (nSPS) is 15.7. The van der Waals surface area contributed by atoms with E-state index < -0.39 is 0 Å². The molecule has 0 heterocycles. The Balaban J connectivity index is 2.22. The zero-order valence-electron chi connectivity index (χ0n) is 10.6. The van der Waals surface area contributed by atoms with Crippen LogP contribution in [0.4, 0.5) is 0 Å². The Bertz CT molecular complexity index is 459. The zero-order valence-corrected chi connectivity index (χ0v) is 13.8. The molecule has 19 heavy (non-hydrogen) atoms. The molecule has 2 rings (SSSR count). The third-order valence-corrected chi connectivity index (χ3v) is 4.68. The monoisotopic (exact) mass is 389 g/mol. The van der Waals surface area contributed by atoms with Gasteiger partial charge in [0.1, 0.15) is 0 Å². The fourth-order valence-electron chi connectivity index (χ4n) is 2.59. The fraction of sp³-hybridized carbons (Fsp3) is 0.500. The third kappa shape index (κ3) is 3.58. The lowest BCUT2D eigenvalue weighted by Gasteiger charge is -2.28. The van der Waals surface area contributed by atoms with Crippen molar-refractivity contribution in [2.45, 2.75) is 31.7 Å². The quantitative estimate of drug-likeness (QED) is 0.853. The molecular formula is C14H17Br2NO2. The summed E-state index contributed by atoms with van der Waals surface area (Å²) in [6, 6.07) is 5.83. The summed E-state index contributed by atoms with van der Waals surface area (Å²) < 4.78 is 1.72. The molecule has 1 saturated carbocycles. The van der Waals surface area contributed by atoms with E-state index in [2.05, 4.69) is 31.9 Å². The van der Waals surface area contributed by atoms with Crippen molar-refractivity contribution in [2.75, 3.05) is 13.2 Å². The van der Waals surface area contributed by atoms with Crippen LogP contribution in [0.15, 0.2) is 27.1 Å². The number of carbonyl (C=O) groups is 1. The molecular weight excluding hydrogens is 374 g/mol. The van der Waals surface area contributed by atoms with Gasteiger partial charge in [0.05, 0.1) is 12.2 Å². The van der Waals surface area contributed by atoms with E-state index in [4.69, 9.17) is 0 Å². The van der Waals surface area contributed by atoms with Crippen molar-refractivity contribution in [1.29, 1.82) is 0 Å². The molecule has 5 heteroatoms. The lowest BCUT2D eigenvalue weighted by Crippen LogP contribution is -2.40. The van der Waals surface area contributed by atoms with Gasteiger partial charge in [-0.05, 0) is 47.0 Å². The standard InChI is InChI=1S/C14H17Br2NO2/c15-10-5-6-12(13(16)9-10)14(19)17(7-8-18)11-3-1-2-4-11/h5-6,9,11,18H,1-4,7-8H2. The Hall–Kier alpha value is -0.390. The van der Waals surface area contributed by atoms with Gasteiger partial charge in [0.2, 0.25) is 0 Å². The maximum Gasteiger partial charge on any atom is 0.255 e. The van der Waals surface area contributed by atoms with Gasteiger partial charge in [-0.2, -0.15) is 0 Å². The van der Waals surface area contributed by atoms with Crippen LogP contribution in [-0.4, -0.2) is 35.1 Å². The van der Waals surface area contributed by atoms with Crippen LogP contribution in [0.2, 0.25) is 0 Å². The van der Waals surface area contributed by atoms with Gasteiger partial charge >= 0.3 is 0 Å². The molecule has 1 N–H and O–H groups in total. The van der Waals surface area contributed by atoms with E-state index >= 15 is 0 Å². The predicted molar refractivity (Wildman–Crippen MR) is 82.2 cm³/mol. The second-order valence-corrected chi connectivity index (χ2v) is 6.55. The molecule has 0 radical (unpaired) electrons. The molecule has 1 fully saturated rings. The summed E-state index contributed by atoms with van der Waals surface area (Å²) in [6.45, 7) is 0.419. The number of carbonyl (C=O) groups excluding carboxylic acids is 1. The summed E-state index contributed by atoms with van der Waals surface area (Å²) in [5, 5.41) is 9.19. The summed E-state index contributed by atoms with van der Waals surface area (Å²) >= 11 is 6.82. The molecule has 0 aromatic heterocycles. The molecule has 1 aliphatic rings. The minimum atomic E-state index is 0.000301. The number of hydrogen-bond acceptors (Lipinski definition) is 2. The summed E-state index contributed by atoms with van der Waals surface area (Å²) in [5.74, 6) is 0.000301. The second kappa shape index (κ2) is 6.86. The number of aliphatic hydroxyl groups is 1. The minimum Gasteiger partial charge on any atom is -0.395 e. The van der Waals surface area contributed by atoms with E-state index in [-0.39, 0.29) is 18.6 Å². The Morgan fingerprint density at radius 2 is 2.00 bits per heavy atom. The van der Waals surface area contributed by atoms with Crippen molar-refractivity contribution in [2.24, 2.45) is 0 Å². The van der Waals surface area contributed by atoms with Crippen LogP contribution in [0.25, 0.3) is 0 Å². The number of amides is 1. The molecule has 0 atom stereocenters. The molecule has 1 amide bonds. The molecule has 0 saturated heterocycles. The number of rotatable bonds is 4. The smallest absolute Gasteiger partial charge is 0.255 e. The van der Waals surface area contributed by atoms with Gasteiger partial charge in [-0.3, -0.25) is 4.79 Å². The van der Waals surface area contributed by atoms with E-state index in [1.54, 1.807) is 0 Å². The van der Waals surface area contributed by atoms with Crippen molar-refractivity contribution in [3.8, 4) is 0 Å². The fourth-order valence-corrected chi connectivity index (χ4v) is 3.81. The number of halogens is 2. The van der Waals surface area contributed by atoms with Crippen LogP contribution < -0.4 is 0 Å². The highest BCUT2D eigenvalue weighted by atomic mass is 79.9. The van der Waals surface area contributed by atoms with Crippen molar-refractivity contribution >= 4 is 37.8 Å². The first-order valence-corrected chi connectivity index (χ1v) is 8.09. The van der Waals surface area contributed by atoms with Gasteiger partial charge in [-0.25, -0.2) is 0 Å². The van der Waals surface area contributed by atoms with Crippen molar-refractivity contribution in [3.63, 3.8) is 0 Å². The maximum atomic E-state index is 12.6. The Morgan fingerprint density at radius 1 is 1.32 bits per heavy atom. The molecule has 104 valence electrons. The van der Waals surface area contributed by atoms with Crippen LogP contribution in [0.5, 0.6) is 0 Å². The highest BCUT2D eigenvalue weighted by Crippen LogP contribution is 2.28. The van der Waals surface area contributed by atoms with Gasteiger partial charge in [0.15, 0.2) is 0 Å². The summed E-state index contributed by atoms with van der Waals surface area (Å²) in [4.78, 5) is 14.4. The topological polar surface area (TPSA) is 40.5 Å². The van der Waals surface area contributed by atoms with E-state index in [0.29, 0.717) is 12.1 Å². The van der Waals surface area contributed by atoms with Crippen molar-refractivity contribution < 1.29 is 9.90 Å². The number of hydrogen-bond donors (Lipinski definition) is 1. The van der Waals surface area contributed by atoms with Gasteiger partial charge in [0, 0.05) is 21.5 Å². The van der Waals surface area contributed by atoms with Crippen LogP contribution in [-0.2, 0) is 0 Å². The van der Waals surface area contributed by atoms with E-state index in [9.17, 15) is 9.90 Å². The molecule has 0 bridgehead atoms. The van der Waals surface area contributed by atoms with Crippen molar-refractivity contribution in [1.82, 2.24) is 4.90 Å². The Morgan fingerprint density at radius 3 is 2.58 bits per heavy atom. The number of benzene rings is 1. The minimum absolute atomic E-state index is 0.000301. The average molecular weight is 391 g/mol. The molecule has 0 unspecified atom stereocenters. The van der Waals surface area contributed by atoms with Gasteiger partial charge in [-0.1, -0.05) is 28.8 Å². The van der Waals surface area contributed by atoms with Crippen LogP contribution in [0.1, 0.15) is 36.0 Å². The first-order valence-electron chi connectivity index (χ1n) is 6.50. The molecule has 3 nitrogen and oxygen atoms in total. The summed E-state index contributed by atoms with van der Waals surface area (Å²) in [5.41, 5.74) is 0.656. The van der Waals surface area contributed by atoms with Crippen molar-refractivity contribution in [3.05, 3.63) is 32.7 Å². The number of aliphatic hydroxyl groups excluding tert-OH is 1. The molecule has 0 spiro atoms. The largest absolute Gasteiger partial charge is 0.395 e. The molecule has 1 aromatic carbocycles. The highest BCUT2D eigenvalue weighted by Gasteiger charge is 2.27. The van der Waals surface area contributed by atoms with E-state index in [1.807, 2.05) is 23.1 Å². The van der Waals surface area contributed by atoms with Gasteiger partial charge < -0.3 is 10.0 Å². The molecule has 1 aromatic rings. The molecule has 1 aliphatic carbocycles. The van der Waals surface area contributed by atoms with E-state index in [0.717, 1.165) is 21.8 Å². The third-order valence-electron chi connectivity index (χ3n) is 3.53. The van der Waals surface area contributed by atoms with Crippen LogP contribution in [0.3, 0.4) is 0 Å². The SMILES string of the molecule is O=C(c1ccc(Br)cc1Br)N(CCO)C1CCCC1. The molecule has 0 aliphatic heterocycles. The van der Waals surface area contributed by atoms with E-state index in [1.165, 1.54) is 12.8 Å². The Labute approximate surface area is 130 Å². The van der Waals surface area contributed by atoms with Gasteiger partial charge in [0.25, 0.3) is 5.91 Å². The summed E-state index contributed by atoms with van der Waals surface area (Å²) in [6.07, 6.45) is 4.42. The van der Waals surface area contributed by atoms with Crippen LogP contribution in [0, 0.1) is 0 Å². The summed E-state index contributed by atoms with van der Waals surface area (Å²) in [7, 11) is 0. The zero-order chi connectivity index (χ0) is 13.8. The van der Waals surface area contributed by atoms with Crippen LogP contribution >= 0.6 is 31.9 Å². The average Bonchev–Trinajstić information content (AvgIpc) is 2.89. The predicted octanol–water partition coefficient (Wildman–Crippen LogP) is 3.59. The first-order chi connectivity index (χ1) is 9.13. The first kappa shape index (κ1) is 15.0. The Kier molecular flexibility index (Phi) is 5.42. The maximum absolute atomic E-state index is 12.6. The number of nitrogens with zero attached hydrogens (tertiary/aromatic N) is 1. The lowest BCUT2D eigenvalue weighted by atomic mass is 10.1. The van der Waals surface area contributed by atoms with Gasteiger partial charge in [-0.15, -0.1) is 0 Å². The second-order valence-electron chi connectivity index (χ2n) is 4.78.